The van der Waals surface area contributed by atoms with E-state index in [0.29, 0.717) is 19.3 Å². The molecular formula is C57H86O6. The van der Waals surface area contributed by atoms with E-state index in [1.807, 2.05) is 91.1 Å². The van der Waals surface area contributed by atoms with Crippen LogP contribution >= 0.6 is 0 Å². The van der Waals surface area contributed by atoms with Gasteiger partial charge >= 0.3 is 17.9 Å². The van der Waals surface area contributed by atoms with Crippen LogP contribution in [0.2, 0.25) is 0 Å². The molecule has 1 atom stereocenters. The third kappa shape index (κ3) is 48.2. The number of allylic oxidation sites excluding steroid dienone is 24. The molecule has 0 saturated heterocycles. The van der Waals surface area contributed by atoms with Crippen LogP contribution in [0.3, 0.4) is 0 Å². The maximum atomic E-state index is 12.8. The molecule has 0 aromatic heterocycles. The molecule has 0 heterocycles. The van der Waals surface area contributed by atoms with Crippen molar-refractivity contribution < 1.29 is 28.6 Å². The zero-order valence-corrected chi connectivity index (χ0v) is 39.8. The van der Waals surface area contributed by atoms with E-state index in [4.69, 9.17) is 14.2 Å². The van der Waals surface area contributed by atoms with Crippen molar-refractivity contribution in [3.63, 3.8) is 0 Å². The minimum absolute atomic E-state index is 0.124. The van der Waals surface area contributed by atoms with Gasteiger partial charge in [0, 0.05) is 19.3 Å². The highest BCUT2D eigenvalue weighted by Crippen LogP contribution is 2.13. The van der Waals surface area contributed by atoms with Crippen LogP contribution in [0.4, 0.5) is 0 Å². The first-order valence-electron chi connectivity index (χ1n) is 24.5. The zero-order valence-electron chi connectivity index (χ0n) is 39.8. The van der Waals surface area contributed by atoms with Crippen LogP contribution in [0.25, 0.3) is 0 Å². The molecule has 0 saturated carbocycles. The van der Waals surface area contributed by atoms with Crippen LogP contribution in [0.1, 0.15) is 175 Å². The van der Waals surface area contributed by atoms with Crippen LogP contribution in [-0.2, 0) is 28.6 Å². The second-order valence-electron chi connectivity index (χ2n) is 15.5. The Bertz CT molecular complexity index is 1460. The maximum Gasteiger partial charge on any atom is 0.306 e. The summed E-state index contributed by atoms with van der Waals surface area (Å²) in [6.07, 6.45) is 71.1. The number of carbonyl (C=O) groups excluding carboxylic acids is 3. The Hall–Kier alpha value is -4.71. The van der Waals surface area contributed by atoms with Gasteiger partial charge in [-0.1, -0.05) is 224 Å². The minimum Gasteiger partial charge on any atom is -0.462 e. The Morgan fingerprint density at radius 3 is 1.21 bits per heavy atom. The first kappa shape index (κ1) is 58.3. The molecule has 6 heteroatoms. The fourth-order valence-electron chi connectivity index (χ4n) is 5.95. The molecule has 0 aliphatic rings. The minimum atomic E-state index is -0.828. The summed E-state index contributed by atoms with van der Waals surface area (Å²) in [5, 5.41) is 0. The van der Waals surface area contributed by atoms with E-state index in [1.54, 1.807) is 0 Å². The summed E-state index contributed by atoms with van der Waals surface area (Å²) in [5.74, 6) is -1.05. The summed E-state index contributed by atoms with van der Waals surface area (Å²) in [6, 6.07) is 0. The Balaban J connectivity index is 4.58. The van der Waals surface area contributed by atoms with E-state index in [-0.39, 0.29) is 37.5 Å². The van der Waals surface area contributed by atoms with E-state index in [1.165, 1.54) is 25.7 Å². The van der Waals surface area contributed by atoms with Gasteiger partial charge in [0.1, 0.15) is 13.2 Å². The fourth-order valence-corrected chi connectivity index (χ4v) is 5.95. The number of unbranched alkanes of at least 4 members (excludes halogenated alkanes) is 14. The van der Waals surface area contributed by atoms with Crippen molar-refractivity contribution >= 4 is 17.9 Å². The molecule has 0 spiro atoms. The highest BCUT2D eigenvalue weighted by atomic mass is 16.6. The molecule has 0 radical (unpaired) electrons. The van der Waals surface area contributed by atoms with Crippen molar-refractivity contribution in [3.05, 3.63) is 146 Å². The lowest BCUT2D eigenvalue weighted by Crippen LogP contribution is -2.30. The van der Waals surface area contributed by atoms with Gasteiger partial charge in [-0.05, 0) is 77.0 Å². The molecule has 0 aliphatic carbocycles. The molecule has 0 aromatic rings. The summed E-state index contributed by atoms with van der Waals surface area (Å²) in [6.45, 7) is 6.17. The van der Waals surface area contributed by atoms with Crippen LogP contribution in [0.15, 0.2) is 146 Å². The van der Waals surface area contributed by atoms with Gasteiger partial charge in [-0.25, -0.2) is 0 Å². The van der Waals surface area contributed by atoms with Crippen molar-refractivity contribution in [1.82, 2.24) is 0 Å². The first-order valence-corrected chi connectivity index (χ1v) is 24.5. The highest BCUT2D eigenvalue weighted by molar-refractivity contribution is 5.71. The molecule has 0 aliphatic heterocycles. The van der Waals surface area contributed by atoms with Gasteiger partial charge in [0.2, 0.25) is 0 Å². The molecule has 0 aromatic carbocycles. The fraction of sp³-hybridized carbons (Fsp3) is 0.526. The Labute approximate surface area is 385 Å². The zero-order chi connectivity index (χ0) is 45.8. The van der Waals surface area contributed by atoms with Crippen molar-refractivity contribution in [3.8, 4) is 0 Å². The van der Waals surface area contributed by atoms with Crippen molar-refractivity contribution in [2.24, 2.45) is 0 Å². The average Bonchev–Trinajstić information content (AvgIpc) is 3.28. The molecule has 0 fully saturated rings. The van der Waals surface area contributed by atoms with E-state index >= 15 is 0 Å². The predicted octanol–water partition coefficient (Wildman–Crippen LogP) is 16.1. The summed E-state index contributed by atoms with van der Waals surface area (Å²) >= 11 is 0. The summed E-state index contributed by atoms with van der Waals surface area (Å²) in [5.41, 5.74) is 0. The van der Waals surface area contributed by atoms with Gasteiger partial charge in [0.05, 0.1) is 0 Å². The SMILES string of the molecule is CC\C=C/C=C\C=C/C=C\C=C/CCCC(=O)OCC(COC(=O)CCCCCCC\C=C/C=C\C=C/C=C\C=C/CCC)OC(=O)CCCCCCCCC/C=C\C/C=C\CC. The van der Waals surface area contributed by atoms with Crippen molar-refractivity contribution in [1.29, 1.82) is 0 Å². The van der Waals surface area contributed by atoms with E-state index in [0.717, 1.165) is 103 Å². The van der Waals surface area contributed by atoms with Gasteiger partial charge in [0.15, 0.2) is 6.10 Å². The maximum absolute atomic E-state index is 12.8. The van der Waals surface area contributed by atoms with Gasteiger partial charge in [-0.15, -0.1) is 0 Å². The monoisotopic (exact) mass is 867 g/mol. The first-order chi connectivity index (χ1) is 31.0. The summed E-state index contributed by atoms with van der Waals surface area (Å²) in [7, 11) is 0. The molecule has 63 heavy (non-hydrogen) atoms. The predicted molar refractivity (Wildman–Crippen MR) is 269 cm³/mol. The third-order valence-corrected chi connectivity index (χ3v) is 9.55. The lowest BCUT2D eigenvalue weighted by molar-refractivity contribution is -0.167. The number of hydrogen-bond donors (Lipinski definition) is 0. The topological polar surface area (TPSA) is 78.9 Å². The second-order valence-corrected chi connectivity index (χ2v) is 15.5. The molecule has 0 bridgehead atoms. The van der Waals surface area contributed by atoms with Crippen LogP contribution in [-0.4, -0.2) is 37.2 Å². The number of esters is 3. The number of ether oxygens (including phenoxy) is 3. The lowest BCUT2D eigenvalue weighted by Gasteiger charge is -2.18. The van der Waals surface area contributed by atoms with Crippen LogP contribution < -0.4 is 0 Å². The molecule has 350 valence electrons. The number of rotatable bonds is 41. The lowest BCUT2D eigenvalue weighted by atomic mass is 10.1. The Morgan fingerprint density at radius 2 is 0.714 bits per heavy atom. The van der Waals surface area contributed by atoms with Gasteiger partial charge < -0.3 is 14.2 Å². The third-order valence-electron chi connectivity index (χ3n) is 9.55. The van der Waals surface area contributed by atoms with E-state index in [9.17, 15) is 14.4 Å². The van der Waals surface area contributed by atoms with Gasteiger partial charge in [0.25, 0.3) is 0 Å². The van der Waals surface area contributed by atoms with Crippen LogP contribution in [0.5, 0.6) is 0 Å². The smallest absolute Gasteiger partial charge is 0.306 e. The normalized spacial score (nSPS) is 13.4. The molecule has 1 unspecified atom stereocenters. The molecule has 0 rings (SSSR count). The van der Waals surface area contributed by atoms with E-state index < -0.39 is 6.10 Å². The molecule has 0 amide bonds. The quantitative estimate of drug-likeness (QED) is 0.0200. The molecule has 0 N–H and O–H groups in total. The summed E-state index contributed by atoms with van der Waals surface area (Å²) in [4.78, 5) is 37.9. The second kappa shape index (κ2) is 49.9. The van der Waals surface area contributed by atoms with Gasteiger partial charge in [-0.2, -0.15) is 0 Å². The molecule has 6 nitrogen and oxygen atoms in total. The number of carbonyl (C=O) groups is 3. The average molecular weight is 867 g/mol. The summed E-state index contributed by atoms with van der Waals surface area (Å²) < 4.78 is 16.7. The van der Waals surface area contributed by atoms with Crippen molar-refractivity contribution in [2.75, 3.05) is 13.2 Å². The van der Waals surface area contributed by atoms with Crippen LogP contribution in [0, 0.1) is 0 Å². The highest BCUT2D eigenvalue weighted by Gasteiger charge is 2.19. The van der Waals surface area contributed by atoms with E-state index in [2.05, 4.69) is 75.5 Å². The van der Waals surface area contributed by atoms with Gasteiger partial charge in [-0.3, -0.25) is 14.4 Å². The largest absolute Gasteiger partial charge is 0.462 e. The number of hydrogen-bond acceptors (Lipinski definition) is 6. The molecular weight excluding hydrogens is 781 g/mol. The standard InChI is InChI=1S/C57H86O6/c1-4-7-10-13-16-19-22-25-27-28-29-30-33-35-38-41-44-47-50-56(59)62-53-54(52-61-55(58)49-46-43-40-37-34-31-24-21-18-15-12-9-6-3)63-57(60)51-48-45-42-39-36-32-26-23-20-17-14-11-8-5-2/h8-13,15-22,24-25,27-31,34,37,40,54H,4-7,14,23,26,32-33,35-36,38-39,41-53H2,1-3H3/b11-8-,12-9-,13-10-,18-15-,19-16-,20-17-,24-21-,25-22-,28-27-,30-29-,34-31-,40-37-. The van der Waals surface area contributed by atoms with Crippen molar-refractivity contribution in [2.45, 2.75) is 181 Å². The Kier molecular flexibility index (Phi) is 46.2. The Morgan fingerprint density at radius 1 is 0.349 bits per heavy atom.